The van der Waals surface area contributed by atoms with E-state index in [4.69, 9.17) is 5.11 Å². The summed E-state index contributed by atoms with van der Waals surface area (Å²) in [5, 5.41) is 13.4. The van der Waals surface area contributed by atoms with Crippen molar-refractivity contribution < 1.29 is 9.90 Å². The maximum atomic E-state index is 11.9. The van der Waals surface area contributed by atoms with Gasteiger partial charge in [-0.25, -0.2) is 0 Å². The predicted octanol–water partition coefficient (Wildman–Crippen LogP) is 2.65. The molecule has 0 radical (unpaired) electrons. The summed E-state index contributed by atoms with van der Waals surface area (Å²) in [5.74, 6) is 5.32. The quantitative estimate of drug-likeness (QED) is 0.825. The second kappa shape index (κ2) is 6.19. The summed E-state index contributed by atoms with van der Waals surface area (Å²) in [7, 11) is 0. The van der Waals surface area contributed by atoms with Crippen molar-refractivity contribution in [1.29, 1.82) is 0 Å². The first-order valence-corrected chi connectivity index (χ1v) is 6.64. The summed E-state index contributed by atoms with van der Waals surface area (Å²) in [5.41, 5.74) is 2.53. The van der Waals surface area contributed by atoms with Crippen LogP contribution in [0.5, 0.6) is 0 Å². The van der Waals surface area contributed by atoms with E-state index in [9.17, 15) is 4.79 Å². The lowest BCUT2D eigenvalue weighted by Gasteiger charge is -2.07. The average Bonchev–Trinajstić information content (AvgIpc) is 2.93. The summed E-state index contributed by atoms with van der Waals surface area (Å²) in [6, 6.07) is 9.16. The Bertz CT molecular complexity index is 636. The molecule has 0 aliphatic rings. The minimum atomic E-state index is -0.157. The van der Waals surface area contributed by atoms with E-state index in [2.05, 4.69) is 17.2 Å². The standard InChI is InChI=1S/C15H13NO2S/c1-11-10-12(4-2-8-17)6-7-13(11)16-15(18)14-5-3-9-19-14/h3,5-7,9-10,17H,8H2,1H3,(H,16,18). The highest BCUT2D eigenvalue weighted by Gasteiger charge is 2.08. The van der Waals surface area contributed by atoms with Crippen LogP contribution in [0.25, 0.3) is 0 Å². The van der Waals surface area contributed by atoms with E-state index in [0.717, 1.165) is 16.8 Å². The van der Waals surface area contributed by atoms with Gasteiger partial charge in [0.25, 0.3) is 5.91 Å². The highest BCUT2D eigenvalue weighted by atomic mass is 32.1. The van der Waals surface area contributed by atoms with Crippen molar-refractivity contribution >= 4 is 22.9 Å². The molecule has 1 aromatic carbocycles. The SMILES string of the molecule is Cc1cc(C#CCO)ccc1NC(=O)c1cccs1. The van der Waals surface area contributed by atoms with Gasteiger partial charge in [-0.1, -0.05) is 17.9 Å². The number of aliphatic hydroxyl groups excluding tert-OH is 1. The molecule has 0 aliphatic heterocycles. The molecule has 1 heterocycles. The number of hydrogen-bond donors (Lipinski definition) is 2. The van der Waals surface area contributed by atoms with Gasteiger partial charge >= 0.3 is 0 Å². The van der Waals surface area contributed by atoms with Crippen LogP contribution in [0.2, 0.25) is 0 Å². The van der Waals surface area contributed by atoms with Crippen LogP contribution in [0, 0.1) is 18.8 Å². The van der Waals surface area contributed by atoms with E-state index in [1.165, 1.54) is 11.3 Å². The number of hydrogen-bond acceptors (Lipinski definition) is 3. The zero-order valence-electron chi connectivity index (χ0n) is 10.4. The molecule has 0 unspecified atom stereocenters. The lowest BCUT2D eigenvalue weighted by Crippen LogP contribution is -2.11. The molecule has 3 nitrogen and oxygen atoms in total. The van der Waals surface area contributed by atoms with E-state index in [-0.39, 0.29) is 12.5 Å². The first-order chi connectivity index (χ1) is 9.20. The molecule has 1 aromatic heterocycles. The van der Waals surface area contributed by atoms with E-state index < -0.39 is 0 Å². The zero-order valence-corrected chi connectivity index (χ0v) is 11.3. The minimum absolute atomic E-state index is 0.104. The second-order valence-corrected chi connectivity index (χ2v) is 4.87. The number of carbonyl (C=O) groups excluding carboxylic acids is 1. The Kier molecular flexibility index (Phi) is 4.35. The molecular weight excluding hydrogens is 258 g/mol. The highest BCUT2D eigenvalue weighted by Crippen LogP contribution is 2.18. The zero-order chi connectivity index (χ0) is 13.7. The van der Waals surface area contributed by atoms with E-state index in [1.54, 1.807) is 6.07 Å². The van der Waals surface area contributed by atoms with Gasteiger partial charge in [-0.05, 0) is 42.1 Å². The number of benzene rings is 1. The molecule has 0 saturated carbocycles. The van der Waals surface area contributed by atoms with E-state index in [0.29, 0.717) is 4.88 Å². The summed E-state index contributed by atoms with van der Waals surface area (Å²) in [6.07, 6.45) is 0. The Morgan fingerprint density at radius 3 is 2.89 bits per heavy atom. The molecule has 2 rings (SSSR count). The molecular formula is C15H13NO2S. The monoisotopic (exact) mass is 271 g/mol. The average molecular weight is 271 g/mol. The third kappa shape index (κ3) is 3.44. The van der Waals surface area contributed by atoms with Gasteiger partial charge in [-0.15, -0.1) is 11.3 Å². The van der Waals surface area contributed by atoms with Gasteiger partial charge in [-0.3, -0.25) is 4.79 Å². The third-order valence-electron chi connectivity index (χ3n) is 2.53. The van der Waals surface area contributed by atoms with Crippen molar-refractivity contribution in [1.82, 2.24) is 0 Å². The molecule has 2 aromatic rings. The first-order valence-electron chi connectivity index (χ1n) is 5.76. The van der Waals surface area contributed by atoms with Crippen molar-refractivity contribution in [3.05, 3.63) is 51.7 Å². The molecule has 0 atom stereocenters. The number of aryl methyl sites for hydroxylation is 1. The van der Waals surface area contributed by atoms with Crippen LogP contribution in [0.15, 0.2) is 35.7 Å². The van der Waals surface area contributed by atoms with Crippen molar-refractivity contribution in [2.45, 2.75) is 6.92 Å². The molecule has 0 fully saturated rings. The molecule has 0 bridgehead atoms. The van der Waals surface area contributed by atoms with Crippen LogP contribution in [0.4, 0.5) is 5.69 Å². The summed E-state index contributed by atoms with van der Waals surface area (Å²) < 4.78 is 0. The predicted molar refractivity (Wildman–Crippen MR) is 77.4 cm³/mol. The Balaban J connectivity index is 2.15. The van der Waals surface area contributed by atoms with Gasteiger partial charge in [0.2, 0.25) is 0 Å². The first kappa shape index (κ1) is 13.3. The summed E-state index contributed by atoms with van der Waals surface area (Å²) in [6.45, 7) is 1.75. The fourth-order valence-corrected chi connectivity index (χ4v) is 2.23. The van der Waals surface area contributed by atoms with Gasteiger partial charge in [-0.2, -0.15) is 0 Å². The summed E-state index contributed by atoms with van der Waals surface area (Å²) >= 11 is 1.41. The number of rotatable bonds is 2. The van der Waals surface area contributed by atoms with Gasteiger partial charge in [0.05, 0.1) is 4.88 Å². The Morgan fingerprint density at radius 2 is 2.26 bits per heavy atom. The van der Waals surface area contributed by atoms with Crippen LogP contribution in [0.3, 0.4) is 0 Å². The topological polar surface area (TPSA) is 49.3 Å². The van der Waals surface area contributed by atoms with Gasteiger partial charge in [0.15, 0.2) is 0 Å². The number of anilines is 1. The van der Waals surface area contributed by atoms with Crippen LogP contribution in [-0.4, -0.2) is 17.6 Å². The smallest absolute Gasteiger partial charge is 0.265 e. The van der Waals surface area contributed by atoms with Gasteiger partial charge < -0.3 is 10.4 Å². The lowest BCUT2D eigenvalue weighted by molar-refractivity contribution is 0.103. The highest BCUT2D eigenvalue weighted by molar-refractivity contribution is 7.12. The molecule has 19 heavy (non-hydrogen) atoms. The van der Waals surface area contributed by atoms with Gasteiger partial charge in [0, 0.05) is 11.3 Å². The van der Waals surface area contributed by atoms with Crippen LogP contribution in [-0.2, 0) is 0 Å². The minimum Gasteiger partial charge on any atom is -0.384 e. The molecule has 96 valence electrons. The summed E-state index contributed by atoms with van der Waals surface area (Å²) in [4.78, 5) is 12.6. The Labute approximate surface area is 115 Å². The fourth-order valence-electron chi connectivity index (χ4n) is 1.61. The molecule has 4 heteroatoms. The van der Waals surface area contributed by atoms with E-state index >= 15 is 0 Å². The van der Waals surface area contributed by atoms with Crippen molar-refractivity contribution in [3.8, 4) is 11.8 Å². The van der Waals surface area contributed by atoms with Crippen LogP contribution >= 0.6 is 11.3 Å². The van der Waals surface area contributed by atoms with Gasteiger partial charge in [0.1, 0.15) is 6.61 Å². The molecule has 0 spiro atoms. The number of nitrogens with one attached hydrogen (secondary N) is 1. The largest absolute Gasteiger partial charge is 0.384 e. The number of amides is 1. The van der Waals surface area contributed by atoms with E-state index in [1.807, 2.05) is 36.6 Å². The Hall–Kier alpha value is -2.09. The number of thiophene rings is 1. The van der Waals surface area contributed by atoms with Crippen molar-refractivity contribution in [3.63, 3.8) is 0 Å². The maximum Gasteiger partial charge on any atom is 0.265 e. The molecule has 0 saturated heterocycles. The third-order valence-corrected chi connectivity index (χ3v) is 3.40. The normalized spacial score (nSPS) is 9.58. The maximum absolute atomic E-state index is 11.9. The number of carbonyl (C=O) groups is 1. The van der Waals surface area contributed by atoms with Crippen LogP contribution < -0.4 is 5.32 Å². The number of aliphatic hydroxyl groups is 1. The Morgan fingerprint density at radius 1 is 1.42 bits per heavy atom. The molecule has 2 N–H and O–H groups in total. The lowest BCUT2D eigenvalue weighted by atomic mass is 10.1. The second-order valence-electron chi connectivity index (χ2n) is 3.92. The fraction of sp³-hybridized carbons (Fsp3) is 0.133. The van der Waals surface area contributed by atoms with Crippen molar-refractivity contribution in [2.24, 2.45) is 0 Å². The van der Waals surface area contributed by atoms with Crippen molar-refractivity contribution in [2.75, 3.05) is 11.9 Å². The molecule has 1 amide bonds. The molecule has 0 aliphatic carbocycles. The van der Waals surface area contributed by atoms with Crippen LogP contribution in [0.1, 0.15) is 20.8 Å².